The van der Waals surface area contributed by atoms with Crippen molar-refractivity contribution >= 4 is 41.3 Å². The lowest BCUT2D eigenvalue weighted by Gasteiger charge is -2.28. The van der Waals surface area contributed by atoms with Crippen LogP contribution in [0.3, 0.4) is 0 Å². The van der Waals surface area contributed by atoms with Crippen LogP contribution in [0, 0.1) is 6.92 Å². The molecule has 0 radical (unpaired) electrons. The molecule has 8 heteroatoms. The van der Waals surface area contributed by atoms with Crippen molar-refractivity contribution in [1.29, 1.82) is 0 Å². The van der Waals surface area contributed by atoms with E-state index >= 15 is 0 Å². The quantitative estimate of drug-likeness (QED) is 0.555. The summed E-state index contributed by atoms with van der Waals surface area (Å²) in [7, 11) is -2.26. The number of morpholine rings is 1. The first-order chi connectivity index (χ1) is 14.9. The van der Waals surface area contributed by atoms with Gasteiger partial charge < -0.3 is 24.8 Å². The summed E-state index contributed by atoms with van der Waals surface area (Å²) in [5.41, 5.74) is 3.97. The van der Waals surface area contributed by atoms with Crippen molar-refractivity contribution in [3.05, 3.63) is 60.3 Å². The van der Waals surface area contributed by atoms with Crippen molar-refractivity contribution in [2.24, 2.45) is 0 Å². The first-order valence-electron chi connectivity index (χ1n) is 10.3. The summed E-state index contributed by atoms with van der Waals surface area (Å²) < 4.78 is 17.6. The summed E-state index contributed by atoms with van der Waals surface area (Å²) in [4.78, 5) is 11.3. The molecule has 0 atom stereocenters. The van der Waals surface area contributed by atoms with Gasteiger partial charge in [-0.05, 0) is 68.8 Å². The van der Waals surface area contributed by atoms with Crippen molar-refractivity contribution in [1.82, 2.24) is 9.97 Å². The van der Waals surface area contributed by atoms with Crippen LogP contribution in [0.25, 0.3) is 0 Å². The molecule has 0 bridgehead atoms. The maximum atomic E-state index is 12.2. The topological polar surface area (TPSA) is 79.4 Å². The van der Waals surface area contributed by atoms with Crippen LogP contribution >= 0.6 is 7.14 Å². The molecule has 0 spiro atoms. The van der Waals surface area contributed by atoms with Crippen LogP contribution < -0.4 is 20.8 Å². The number of rotatable bonds is 6. The minimum Gasteiger partial charge on any atom is -0.378 e. The van der Waals surface area contributed by atoms with E-state index in [1.54, 1.807) is 19.5 Å². The van der Waals surface area contributed by atoms with E-state index in [4.69, 9.17) is 4.74 Å². The molecular weight excluding hydrogens is 409 g/mol. The minimum atomic E-state index is -2.26. The molecule has 1 aromatic heterocycles. The summed E-state index contributed by atoms with van der Waals surface area (Å²) in [6.07, 6.45) is 1.79. The molecular formula is C23H28N5O2P. The van der Waals surface area contributed by atoms with Gasteiger partial charge in [0.25, 0.3) is 0 Å². The van der Waals surface area contributed by atoms with E-state index in [-0.39, 0.29) is 0 Å². The number of aromatic nitrogens is 2. The van der Waals surface area contributed by atoms with E-state index in [0.29, 0.717) is 5.95 Å². The van der Waals surface area contributed by atoms with Gasteiger partial charge in [-0.2, -0.15) is 4.98 Å². The zero-order valence-electron chi connectivity index (χ0n) is 18.1. The molecule has 1 fully saturated rings. The largest absolute Gasteiger partial charge is 0.378 e. The second-order valence-electron chi connectivity index (χ2n) is 8.02. The molecule has 0 amide bonds. The molecule has 7 nitrogen and oxygen atoms in total. The molecule has 0 unspecified atom stereocenters. The SMILES string of the molecule is Cc1cnc(Nc2ccc(P(C)(C)=O)cc2)nc1Nc1ccc(N2CCOCC2)cc1. The van der Waals surface area contributed by atoms with Crippen LogP contribution in [0.4, 0.5) is 28.8 Å². The summed E-state index contributed by atoms with van der Waals surface area (Å²) in [6.45, 7) is 8.89. The van der Waals surface area contributed by atoms with Crippen molar-refractivity contribution in [2.45, 2.75) is 6.92 Å². The molecule has 1 saturated heterocycles. The fourth-order valence-corrected chi connectivity index (χ4v) is 4.24. The van der Waals surface area contributed by atoms with E-state index in [2.05, 4.69) is 49.8 Å². The Morgan fingerprint density at radius 3 is 2.19 bits per heavy atom. The van der Waals surface area contributed by atoms with Gasteiger partial charge in [0.1, 0.15) is 13.0 Å². The number of nitrogens with zero attached hydrogens (tertiary/aromatic N) is 3. The van der Waals surface area contributed by atoms with Crippen LogP contribution in [0.15, 0.2) is 54.7 Å². The van der Waals surface area contributed by atoms with E-state index in [9.17, 15) is 4.57 Å². The normalized spacial score (nSPS) is 14.4. The monoisotopic (exact) mass is 437 g/mol. The van der Waals surface area contributed by atoms with Crippen LogP contribution in [0.2, 0.25) is 0 Å². The fraction of sp³-hybridized carbons (Fsp3) is 0.304. The highest BCUT2D eigenvalue weighted by atomic mass is 31.2. The molecule has 162 valence electrons. The summed E-state index contributed by atoms with van der Waals surface area (Å²) in [5, 5.41) is 7.46. The third-order valence-corrected chi connectivity index (χ3v) is 6.76. The Morgan fingerprint density at radius 2 is 1.55 bits per heavy atom. The average Bonchev–Trinajstić information content (AvgIpc) is 2.77. The van der Waals surface area contributed by atoms with Crippen molar-refractivity contribution in [2.75, 3.05) is 55.2 Å². The standard InChI is InChI=1S/C23H28N5O2P/c1-17-16-24-23(26-19-6-10-21(11-7-19)31(2,3)29)27-22(17)25-18-4-8-20(9-5-18)28-12-14-30-15-13-28/h4-11,16H,12-15H2,1-3H3,(H2,24,25,26,27). The van der Waals surface area contributed by atoms with Crippen LogP contribution in [0.5, 0.6) is 0 Å². The Labute approximate surface area is 183 Å². The molecule has 1 aliphatic rings. The zero-order chi connectivity index (χ0) is 21.8. The van der Waals surface area contributed by atoms with E-state index in [0.717, 1.165) is 54.4 Å². The van der Waals surface area contributed by atoms with Gasteiger partial charge in [0.05, 0.1) is 13.2 Å². The van der Waals surface area contributed by atoms with Crippen molar-refractivity contribution < 1.29 is 9.30 Å². The van der Waals surface area contributed by atoms with Gasteiger partial charge in [-0.1, -0.05) is 0 Å². The molecule has 2 N–H and O–H groups in total. The number of anilines is 5. The lowest BCUT2D eigenvalue weighted by atomic mass is 10.2. The van der Waals surface area contributed by atoms with Crippen LogP contribution in [-0.2, 0) is 9.30 Å². The predicted molar refractivity (Wildman–Crippen MR) is 128 cm³/mol. The average molecular weight is 437 g/mol. The Hall–Kier alpha value is -2.89. The molecule has 2 heterocycles. The van der Waals surface area contributed by atoms with Gasteiger partial charge in [0, 0.05) is 47.2 Å². The van der Waals surface area contributed by atoms with Gasteiger partial charge in [-0.25, -0.2) is 4.98 Å². The predicted octanol–water partition coefficient (Wildman–Crippen LogP) is 4.36. The summed E-state index contributed by atoms with van der Waals surface area (Å²) in [6, 6.07) is 15.9. The number of hydrogen-bond acceptors (Lipinski definition) is 7. The maximum Gasteiger partial charge on any atom is 0.229 e. The third-order valence-electron chi connectivity index (χ3n) is 5.22. The van der Waals surface area contributed by atoms with Crippen molar-refractivity contribution in [3.63, 3.8) is 0 Å². The zero-order valence-corrected chi connectivity index (χ0v) is 19.0. The molecule has 0 saturated carbocycles. The number of hydrogen-bond donors (Lipinski definition) is 2. The van der Waals surface area contributed by atoms with Gasteiger partial charge in [-0.15, -0.1) is 0 Å². The molecule has 1 aliphatic heterocycles. The second-order valence-corrected chi connectivity index (χ2v) is 11.2. The first kappa shape index (κ1) is 21.3. The highest BCUT2D eigenvalue weighted by Crippen LogP contribution is 2.34. The molecule has 0 aliphatic carbocycles. The minimum absolute atomic E-state index is 0.502. The molecule has 4 rings (SSSR count). The van der Waals surface area contributed by atoms with Gasteiger partial charge >= 0.3 is 0 Å². The Bertz CT molecular complexity index is 1070. The highest BCUT2D eigenvalue weighted by molar-refractivity contribution is 7.70. The number of ether oxygens (including phenoxy) is 1. The number of nitrogens with one attached hydrogen (secondary N) is 2. The fourth-order valence-electron chi connectivity index (χ4n) is 3.38. The molecule has 3 aromatic rings. The smallest absolute Gasteiger partial charge is 0.229 e. The number of benzene rings is 2. The Kier molecular flexibility index (Phi) is 6.25. The van der Waals surface area contributed by atoms with E-state index in [1.807, 2.05) is 31.2 Å². The lowest BCUT2D eigenvalue weighted by Crippen LogP contribution is -2.36. The van der Waals surface area contributed by atoms with Gasteiger partial charge in [0.15, 0.2) is 0 Å². The first-order valence-corrected chi connectivity index (χ1v) is 12.9. The van der Waals surface area contributed by atoms with Crippen LogP contribution in [0.1, 0.15) is 5.56 Å². The second kappa shape index (κ2) is 9.08. The Balaban J connectivity index is 1.46. The lowest BCUT2D eigenvalue weighted by molar-refractivity contribution is 0.122. The number of aryl methyl sites for hydroxylation is 1. The molecule has 2 aromatic carbocycles. The summed E-state index contributed by atoms with van der Waals surface area (Å²) in [5.74, 6) is 1.25. The maximum absolute atomic E-state index is 12.2. The van der Waals surface area contributed by atoms with E-state index < -0.39 is 7.14 Å². The highest BCUT2D eigenvalue weighted by Gasteiger charge is 2.12. The molecule has 31 heavy (non-hydrogen) atoms. The Morgan fingerprint density at radius 1 is 0.935 bits per heavy atom. The van der Waals surface area contributed by atoms with Gasteiger partial charge in [-0.3, -0.25) is 0 Å². The van der Waals surface area contributed by atoms with Crippen LogP contribution in [-0.4, -0.2) is 49.6 Å². The van der Waals surface area contributed by atoms with E-state index in [1.165, 1.54) is 5.69 Å². The van der Waals surface area contributed by atoms with Gasteiger partial charge in [0.2, 0.25) is 5.95 Å². The van der Waals surface area contributed by atoms with Crippen molar-refractivity contribution in [3.8, 4) is 0 Å². The summed E-state index contributed by atoms with van der Waals surface area (Å²) >= 11 is 0. The third kappa shape index (κ3) is 5.43.